The number of hydrogen-bond acceptors (Lipinski definition) is 0. The first-order valence-corrected chi connectivity index (χ1v) is 3.27. The highest BCUT2D eigenvalue weighted by molar-refractivity contribution is 7.59. The average Bonchev–Trinajstić information content (AvgIpc) is 1.61. The van der Waals surface area contributed by atoms with E-state index >= 15 is 0 Å². The van der Waals surface area contributed by atoms with Gasteiger partial charge in [0.15, 0.2) is 0 Å². The van der Waals surface area contributed by atoms with Crippen LogP contribution in [0.25, 0.3) is 0 Å². The Balaban J connectivity index is 0. The molecule has 0 atom stereocenters. The first kappa shape index (κ1) is 11.2. The van der Waals surface area contributed by atoms with Crippen LogP contribution in [0.5, 0.6) is 0 Å². The molecule has 8 heavy (non-hydrogen) atoms. The third-order valence-corrected chi connectivity index (χ3v) is 1.14. The molecule has 0 aliphatic carbocycles. The lowest BCUT2D eigenvalue weighted by molar-refractivity contribution is 0.550. The van der Waals surface area contributed by atoms with Crippen molar-refractivity contribution < 1.29 is 0 Å². The number of rotatable bonds is 3. The summed E-state index contributed by atoms with van der Waals surface area (Å²) in [6.45, 7) is 6.79. The van der Waals surface area contributed by atoms with Gasteiger partial charge < -0.3 is 0 Å². The molecular formula is C7H18S. The molecule has 0 fully saturated rings. The molecule has 0 N–H and O–H groups in total. The van der Waals surface area contributed by atoms with Crippen LogP contribution < -0.4 is 0 Å². The summed E-state index contributed by atoms with van der Waals surface area (Å²) in [6.07, 6.45) is 4.15. The van der Waals surface area contributed by atoms with E-state index in [1.165, 1.54) is 19.3 Å². The predicted molar refractivity (Wildman–Crippen MR) is 44.7 cm³/mol. The van der Waals surface area contributed by atoms with Gasteiger partial charge in [-0.3, -0.25) is 0 Å². The first-order chi connectivity index (χ1) is 3.27. The van der Waals surface area contributed by atoms with Gasteiger partial charge in [0.25, 0.3) is 0 Å². The minimum absolute atomic E-state index is 0. The minimum atomic E-state index is 0. The fraction of sp³-hybridized carbons (Fsp3) is 1.00. The molecule has 0 heterocycles. The fourth-order valence-corrected chi connectivity index (χ4v) is 0.612. The van der Waals surface area contributed by atoms with Gasteiger partial charge in [-0.2, -0.15) is 13.5 Å². The zero-order valence-electron chi connectivity index (χ0n) is 6.20. The molecule has 0 radical (unpaired) electrons. The number of unbranched alkanes of at least 4 members (excludes halogenated alkanes) is 1. The van der Waals surface area contributed by atoms with Crippen molar-refractivity contribution >= 4 is 13.5 Å². The molecule has 0 aliphatic rings. The Morgan fingerprint density at radius 1 is 1.25 bits per heavy atom. The molecule has 0 amide bonds. The third kappa shape index (κ3) is 9.61. The van der Waals surface area contributed by atoms with Crippen LogP contribution in [0.1, 0.15) is 40.0 Å². The van der Waals surface area contributed by atoms with E-state index in [9.17, 15) is 0 Å². The van der Waals surface area contributed by atoms with E-state index < -0.39 is 0 Å². The van der Waals surface area contributed by atoms with Crippen molar-refractivity contribution in [2.45, 2.75) is 40.0 Å². The molecule has 0 saturated heterocycles. The zero-order chi connectivity index (χ0) is 5.70. The molecule has 0 aromatic heterocycles. The molecule has 0 unspecified atom stereocenters. The van der Waals surface area contributed by atoms with E-state index in [0.717, 1.165) is 5.92 Å². The van der Waals surface area contributed by atoms with Crippen LogP contribution in [0.15, 0.2) is 0 Å². The van der Waals surface area contributed by atoms with Crippen molar-refractivity contribution in [2.24, 2.45) is 5.92 Å². The van der Waals surface area contributed by atoms with Gasteiger partial charge in [-0.05, 0) is 5.92 Å². The molecule has 0 aromatic rings. The van der Waals surface area contributed by atoms with Crippen molar-refractivity contribution in [1.29, 1.82) is 0 Å². The number of hydrogen-bond donors (Lipinski definition) is 0. The van der Waals surface area contributed by atoms with E-state index in [1.807, 2.05) is 0 Å². The summed E-state index contributed by atoms with van der Waals surface area (Å²) in [6, 6.07) is 0. The minimum Gasteiger partial charge on any atom is -0.197 e. The van der Waals surface area contributed by atoms with Crippen LogP contribution in [-0.4, -0.2) is 0 Å². The normalized spacial score (nSPS) is 9.00. The van der Waals surface area contributed by atoms with Crippen LogP contribution in [0.4, 0.5) is 0 Å². The second-order valence-electron chi connectivity index (χ2n) is 2.54. The monoisotopic (exact) mass is 134 g/mol. The maximum atomic E-state index is 2.27. The summed E-state index contributed by atoms with van der Waals surface area (Å²) in [4.78, 5) is 0. The van der Waals surface area contributed by atoms with Gasteiger partial charge in [-0.1, -0.05) is 40.0 Å². The highest BCUT2D eigenvalue weighted by atomic mass is 32.1. The molecule has 0 bridgehead atoms. The van der Waals surface area contributed by atoms with Crippen LogP contribution in [-0.2, 0) is 0 Å². The maximum Gasteiger partial charge on any atom is -0.0471 e. The Hall–Kier alpha value is 0.350. The largest absolute Gasteiger partial charge is 0.197 e. The third-order valence-electron chi connectivity index (χ3n) is 1.14. The van der Waals surface area contributed by atoms with Crippen molar-refractivity contribution in [2.75, 3.05) is 0 Å². The second-order valence-corrected chi connectivity index (χ2v) is 2.54. The van der Waals surface area contributed by atoms with Crippen molar-refractivity contribution in [3.63, 3.8) is 0 Å². The lowest BCUT2D eigenvalue weighted by Gasteiger charge is -1.98. The lowest BCUT2D eigenvalue weighted by atomic mass is 10.1. The Morgan fingerprint density at radius 3 is 1.88 bits per heavy atom. The summed E-state index contributed by atoms with van der Waals surface area (Å²) in [5.74, 6) is 0.903. The quantitative estimate of drug-likeness (QED) is 0.556. The van der Waals surface area contributed by atoms with E-state index in [4.69, 9.17) is 0 Å². The first-order valence-electron chi connectivity index (χ1n) is 3.27. The highest BCUT2D eigenvalue weighted by Crippen LogP contribution is 2.04. The molecule has 52 valence electrons. The Bertz CT molecular complexity index is 33.4. The van der Waals surface area contributed by atoms with E-state index in [1.54, 1.807) is 0 Å². The highest BCUT2D eigenvalue weighted by Gasteiger charge is 1.88. The molecule has 0 rings (SSSR count). The van der Waals surface area contributed by atoms with Gasteiger partial charge >= 0.3 is 0 Å². The van der Waals surface area contributed by atoms with E-state index in [0.29, 0.717) is 0 Å². The standard InChI is InChI=1S/C7H16.H2S/c1-4-5-6-7(2)3;/h7H,4-6H2,1-3H3;1H2. The second kappa shape index (κ2) is 7.35. The zero-order valence-corrected chi connectivity index (χ0v) is 7.20. The van der Waals surface area contributed by atoms with Crippen molar-refractivity contribution in [3.8, 4) is 0 Å². The van der Waals surface area contributed by atoms with Crippen LogP contribution in [0, 0.1) is 5.92 Å². The summed E-state index contributed by atoms with van der Waals surface area (Å²) in [5, 5.41) is 0. The van der Waals surface area contributed by atoms with Gasteiger partial charge in [-0.25, -0.2) is 0 Å². The van der Waals surface area contributed by atoms with Gasteiger partial charge in [0, 0.05) is 0 Å². The van der Waals surface area contributed by atoms with Crippen LogP contribution in [0.2, 0.25) is 0 Å². The molecule has 1 heteroatoms. The Kier molecular flexibility index (Phi) is 10.3. The maximum absolute atomic E-state index is 2.27. The van der Waals surface area contributed by atoms with Gasteiger partial charge in [0.2, 0.25) is 0 Å². The molecule has 0 aliphatic heterocycles. The molecule has 0 aromatic carbocycles. The summed E-state index contributed by atoms with van der Waals surface area (Å²) in [7, 11) is 0. The fourth-order valence-electron chi connectivity index (χ4n) is 0.612. The summed E-state index contributed by atoms with van der Waals surface area (Å²) in [5.41, 5.74) is 0. The molecule has 0 saturated carbocycles. The SMILES string of the molecule is CCCCC(C)C.S. The Morgan fingerprint density at radius 2 is 1.75 bits per heavy atom. The van der Waals surface area contributed by atoms with Crippen LogP contribution >= 0.6 is 13.5 Å². The van der Waals surface area contributed by atoms with Crippen molar-refractivity contribution in [1.82, 2.24) is 0 Å². The van der Waals surface area contributed by atoms with Gasteiger partial charge in [0.05, 0.1) is 0 Å². The summed E-state index contributed by atoms with van der Waals surface area (Å²) < 4.78 is 0. The lowest BCUT2D eigenvalue weighted by Crippen LogP contribution is -1.83. The van der Waals surface area contributed by atoms with E-state index in [-0.39, 0.29) is 13.5 Å². The summed E-state index contributed by atoms with van der Waals surface area (Å²) >= 11 is 0. The van der Waals surface area contributed by atoms with Crippen molar-refractivity contribution in [3.05, 3.63) is 0 Å². The molecular weight excluding hydrogens is 116 g/mol. The van der Waals surface area contributed by atoms with Gasteiger partial charge in [-0.15, -0.1) is 0 Å². The smallest absolute Gasteiger partial charge is 0.0471 e. The molecule has 0 nitrogen and oxygen atoms in total. The van der Waals surface area contributed by atoms with Crippen LogP contribution in [0.3, 0.4) is 0 Å². The van der Waals surface area contributed by atoms with Gasteiger partial charge in [0.1, 0.15) is 0 Å². The topological polar surface area (TPSA) is 0 Å². The molecule has 0 spiro atoms. The van der Waals surface area contributed by atoms with E-state index in [2.05, 4.69) is 20.8 Å². The Labute approximate surface area is 60.1 Å². The predicted octanol–water partition coefficient (Wildman–Crippen LogP) is 2.95. The average molecular weight is 134 g/mol.